The molecule has 2 aromatic heterocycles. The largest absolute Gasteiger partial charge is 0.322 e. The molecule has 34 heavy (non-hydrogen) atoms. The fourth-order valence-corrected chi connectivity index (χ4v) is 5.51. The first-order chi connectivity index (χ1) is 16.1. The van der Waals surface area contributed by atoms with Crippen molar-refractivity contribution in [2.24, 2.45) is 5.92 Å². The Bertz CT molecular complexity index is 1200. The van der Waals surface area contributed by atoms with Gasteiger partial charge in [-0.1, -0.05) is 39.7 Å². The molecule has 1 aliphatic carbocycles. The average Bonchev–Trinajstić information content (AvgIpc) is 3.46. The van der Waals surface area contributed by atoms with E-state index in [4.69, 9.17) is 0 Å². The Morgan fingerprint density at radius 3 is 2.53 bits per heavy atom. The second-order valence-electron chi connectivity index (χ2n) is 11.1. The number of aromatic nitrogens is 5. The summed E-state index contributed by atoms with van der Waals surface area (Å²) in [5.41, 5.74) is 3.89. The fraction of sp³-hybridized carbons (Fsp3) is 0.630. The van der Waals surface area contributed by atoms with Crippen LogP contribution in [0.25, 0.3) is 10.9 Å². The predicted octanol–water partition coefficient (Wildman–Crippen LogP) is 5.42. The highest BCUT2D eigenvalue weighted by Gasteiger charge is 2.37. The molecule has 184 valence electrons. The smallest absolute Gasteiger partial charge is 0.252 e. The van der Waals surface area contributed by atoms with E-state index < -0.39 is 0 Å². The summed E-state index contributed by atoms with van der Waals surface area (Å²) in [6, 6.07) is 6.77. The molecule has 0 bridgehead atoms. The number of benzene rings is 1. The molecule has 0 radical (unpaired) electrons. The van der Waals surface area contributed by atoms with E-state index in [2.05, 4.69) is 92.1 Å². The number of pyridine rings is 1. The van der Waals surface area contributed by atoms with Crippen LogP contribution < -0.4 is 5.56 Å². The zero-order chi connectivity index (χ0) is 24.6. The van der Waals surface area contributed by atoms with Crippen molar-refractivity contribution in [3.8, 4) is 0 Å². The van der Waals surface area contributed by atoms with Crippen molar-refractivity contribution in [2.45, 2.75) is 105 Å². The number of rotatable bonds is 8. The molecule has 0 spiro atoms. The van der Waals surface area contributed by atoms with Crippen LogP contribution in [0.3, 0.4) is 0 Å². The standard InChI is InChI=1S/C27H40N6O/c1-8-27(6,7)33-25(29-30-31-33)24(17(2)3)32(21-11-9-10-12-21)16-20-15-22-19(5)13-18(4)14-23(22)28-26(20)34/h13-15,17,21,24H,8-12,16H2,1-7H3,(H,28,34). The minimum Gasteiger partial charge on any atom is -0.322 e. The molecule has 1 saturated carbocycles. The molecule has 1 fully saturated rings. The molecule has 7 heteroatoms. The second kappa shape index (κ2) is 9.61. The van der Waals surface area contributed by atoms with Crippen molar-refractivity contribution in [1.82, 2.24) is 30.1 Å². The summed E-state index contributed by atoms with van der Waals surface area (Å²) < 4.78 is 2.01. The molecule has 1 aromatic carbocycles. The first-order valence-corrected chi connectivity index (χ1v) is 12.8. The van der Waals surface area contributed by atoms with Crippen LogP contribution in [0.15, 0.2) is 23.0 Å². The molecular formula is C27H40N6O. The van der Waals surface area contributed by atoms with Crippen LogP contribution in [0.1, 0.15) is 95.3 Å². The van der Waals surface area contributed by atoms with Gasteiger partial charge in [0.05, 0.1) is 11.6 Å². The molecule has 0 amide bonds. The van der Waals surface area contributed by atoms with Crippen molar-refractivity contribution >= 4 is 10.9 Å². The molecule has 0 aliphatic heterocycles. The molecule has 1 unspecified atom stereocenters. The van der Waals surface area contributed by atoms with E-state index in [0.717, 1.165) is 47.1 Å². The van der Waals surface area contributed by atoms with Crippen LogP contribution in [0, 0.1) is 19.8 Å². The summed E-state index contributed by atoms with van der Waals surface area (Å²) >= 11 is 0. The lowest BCUT2D eigenvalue weighted by atomic mass is 9.95. The fourth-order valence-electron chi connectivity index (χ4n) is 5.51. The third-order valence-corrected chi connectivity index (χ3v) is 7.72. The van der Waals surface area contributed by atoms with E-state index in [1.54, 1.807) is 0 Å². The van der Waals surface area contributed by atoms with Crippen LogP contribution in [0.5, 0.6) is 0 Å². The monoisotopic (exact) mass is 464 g/mol. The van der Waals surface area contributed by atoms with Crippen molar-refractivity contribution in [1.29, 1.82) is 0 Å². The molecule has 2 heterocycles. The molecular weight excluding hydrogens is 424 g/mol. The highest BCUT2D eigenvalue weighted by Crippen LogP contribution is 2.37. The Morgan fingerprint density at radius 1 is 1.18 bits per heavy atom. The molecule has 1 aliphatic rings. The average molecular weight is 465 g/mol. The van der Waals surface area contributed by atoms with Crippen LogP contribution >= 0.6 is 0 Å². The van der Waals surface area contributed by atoms with Gasteiger partial charge >= 0.3 is 0 Å². The molecule has 4 rings (SSSR count). The van der Waals surface area contributed by atoms with Crippen molar-refractivity contribution in [3.63, 3.8) is 0 Å². The van der Waals surface area contributed by atoms with E-state index >= 15 is 0 Å². The third-order valence-electron chi connectivity index (χ3n) is 7.72. The highest BCUT2D eigenvalue weighted by atomic mass is 16.1. The normalized spacial score (nSPS) is 16.3. The van der Waals surface area contributed by atoms with Crippen molar-refractivity contribution in [2.75, 3.05) is 0 Å². The van der Waals surface area contributed by atoms with Gasteiger partial charge in [-0.05, 0) is 86.6 Å². The summed E-state index contributed by atoms with van der Waals surface area (Å²) in [6.45, 7) is 15.8. The maximum atomic E-state index is 13.2. The van der Waals surface area contributed by atoms with E-state index in [9.17, 15) is 4.79 Å². The number of hydrogen-bond acceptors (Lipinski definition) is 5. The van der Waals surface area contributed by atoms with Gasteiger partial charge in [0.1, 0.15) is 0 Å². The lowest BCUT2D eigenvalue weighted by Crippen LogP contribution is -2.42. The zero-order valence-electron chi connectivity index (χ0n) is 21.9. The minimum atomic E-state index is -0.178. The topological polar surface area (TPSA) is 79.7 Å². The Balaban J connectivity index is 1.81. The van der Waals surface area contributed by atoms with Gasteiger partial charge in [-0.3, -0.25) is 9.69 Å². The Labute approximate surface area is 202 Å². The number of H-pyrrole nitrogens is 1. The molecule has 1 N–H and O–H groups in total. The van der Waals surface area contributed by atoms with Gasteiger partial charge in [-0.15, -0.1) is 5.10 Å². The summed E-state index contributed by atoms with van der Waals surface area (Å²) in [7, 11) is 0. The highest BCUT2D eigenvalue weighted by molar-refractivity contribution is 5.83. The van der Waals surface area contributed by atoms with Crippen LogP contribution in [-0.2, 0) is 12.1 Å². The van der Waals surface area contributed by atoms with Gasteiger partial charge in [0.25, 0.3) is 5.56 Å². The summed E-state index contributed by atoms with van der Waals surface area (Å²) in [6.07, 6.45) is 5.67. The first-order valence-electron chi connectivity index (χ1n) is 12.8. The summed E-state index contributed by atoms with van der Waals surface area (Å²) in [4.78, 5) is 18.9. The van der Waals surface area contributed by atoms with E-state index in [1.807, 2.05) is 4.68 Å². The number of hydrogen-bond donors (Lipinski definition) is 1. The molecule has 7 nitrogen and oxygen atoms in total. The van der Waals surface area contributed by atoms with Gasteiger partial charge in [0.2, 0.25) is 0 Å². The Hall–Kier alpha value is -2.54. The van der Waals surface area contributed by atoms with E-state index in [1.165, 1.54) is 18.4 Å². The summed E-state index contributed by atoms with van der Waals surface area (Å²) in [5.74, 6) is 1.19. The number of aryl methyl sites for hydroxylation is 2. The zero-order valence-corrected chi connectivity index (χ0v) is 21.9. The van der Waals surface area contributed by atoms with Crippen LogP contribution in [0.2, 0.25) is 0 Å². The Morgan fingerprint density at radius 2 is 1.88 bits per heavy atom. The minimum absolute atomic E-state index is 0.00326. The van der Waals surface area contributed by atoms with Crippen LogP contribution in [0.4, 0.5) is 0 Å². The van der Waals surface area contributed by atoms with Gasteiger partial charge < -0.3 is 4.98 Å². The lowest BCUT2D eigenvalue weighted by Gasteiger charge is -2.39. The van der Waals surface area contributed by atoms with Gasteiger partial charge in [0, 0.05) is 29.1 Å². The number of tetrazole rings is 1. The number of aromatic amines is 1. The van der Waals surface area contributed by atoms with Gasteiger partial charge in [0.15, 0.2) is 5.82 Å². The second-order valence-corrected chi connectivity index (χ2v) is 11.1. The SMILES string of the molecule is CCC(C)(C)n1nnnc1C(C(C)C)N(Cc1cc2c(C)cc(C)cc2[nH]c1=O)C1CCCC1. The molecule has 3 aromatic rings. The maximum absolute atomic E-state index is 13.2. The van der Waals surface area contributed by atoms with E-state index in [0.29, 0.717) is 18.5 Å². The van der Waals surface area contributed by atoms with Gasteiger partial charge in [-0.2, -0.15) is 0 Å². The maximum Gasteiger partial charge on any atom is 0.252 e. The van der Waals surface area contributed by atoms with E-state index in [-0.39, 0.29) is 17.1 Å². The lowest BCUT2D eigenvalue weighted by molar-refractivity contribution is 0.0791. The number of nitrogens with zero attached hydrogens (tertiary/aromatic N) is 5. The Kier molecular flexibility index (Phi) is 6.94. The number of fused-ring (bicyclic) bond motifs is 1. The van der Waals surface area contributed by atoms with Crippen molar-refractivity contribution < 1.29 is 0 Å². The first kappa shape index (κ1) is 24.6. The molecule has 1 atom stereocenters. The van der Waals surface area contributed by atoms with Crippen LogP contribution in [-0.4, -0.2) is 36.1 Å². The summed E-state index contributed by atoms with van der Waals surface area (Å²) in [5, 5.41) is 14.2. The predicted molar refractivity (Wildman–Crippen MR) is 137 cm³/mol. The molecule has 0 saturated heterocycles. The third kappa shape index (κ3) is 4.67. The van der Waals surface area contributed by atoms with Gasteiger partial charge in [-0.25, -0.2) is 4.68 Å². The van der Waals surface area contributed by atoms with Crippen molar-refractivity contribution in [3.05, 3.63) is 51.1 Å². The number of nitrogens with one attached hydrogen (secondary N) is 1. The quantitative estimate of drug-likeness (QED) is 0.482.